The van der Waals surface area contributed by atoms with E-state index in [1.54, 1.807) is 19.2 Å². The standard InChI is InChI=1S/C16H15NO4S/c1-12(13-3-7-15(20-2)8-4-13)11-21-22-16-9-5-14(6-10-16)17(18)19/h3-10H,1,11H2,2H3. The van der Waals surface area contributed by atoms with Crippen LogP contribution in [0, 0.1) is 10.1 Å². The van der Waals surface area contributed by atoms with Gasteiger partial charge in [0.15, 0.2) is 0 Å². The van der Waals surface area contributed by atoms with Gasteiger partial charge in [0.25, 0.3) is 5.69 Å². The Morgan fingerprint density at radius 1 is 1.18 bits per heavy atom. The van der Waals surface area contributed by atoms with E-state index in [0.717, 1.165) is 33.8 Å². The van der Waals surface area contributed by atoms with Crippen LogP contribution in [0.25, 0.3) is 5.57 Å². The molecule has 0 fully saturated rings. The Morgan fingerprint density at radius 2 is 1.82 bits per heavy atom. The molecule has 0 saturated heterocycles. The summed E-state index contributed by atoms with van der Waals surface area (Å²) in [6.45, 7) is 4.34. The van der Waals surface area contributed by atoms with Crippen LogP contribution in [0.15, 0.2) is 60.0 Å². The number of rotatable bonds is 7. The Kier molecular flexibility index (Phi) is 5.57. The molecule has 5 nitrogen and oxygen atoms in total. The van der Waals surface area contributed by atoms with Crippen LogP contribution in [0.1, 0.15) is 5.56 Å². The lowest BCUT2D eigenvalue weighted by Gasteiger charge is -2.07. The van der Waals surface area contributed by atoms with Crippen molar-refractivity contribution in [1.82, 2.24) is 0 Å². The highest BCUT2D eigenvalue weighted by atomic mass is 32.2. The summed E-state index contributed by atoms with van der Waals surface area (Å²) in [5.74, 6) is 0.790. The molecule has 0 amide bonds. The third-order valence-electron chi connectivity index (χ3n) is 2.93. The molecule has 0 unspecified atom stereocenters. The van der Waals surface area contributed by atoms with E-state index in [1.165, 1.54) is 12.1 Å². The molecule has 2 rings (SSSR count). The Balaban J connectivity index is 1.84. The number of hydrogen-bond donors (Lipinski definition) is 0. The average molecular weight is 317 g/mol. The predicted molar refractivity (Wildman–Crippen MR) is 86.9 cm³/mol. The molecule has 0 bridgehead atoms. The Labute approximate surface area is 132 Å². The zero-order valence-corrected chi connectivity index (χ0v) is 12.8. The van der Waals surface area contributed by atoms with Crippen LogP contribution in [0.2, 0.25) is 0 Å². The second-order valence-electron chi connectivity index (χ2n) is 4.43. The van der Waals surface area contributed by atoms with E-state index < -0.39 is 4.92 Å². The minimum absolute atomic E-state index is 0.0620. The number of methoxy groups -OCH3 is 1. The van der Waals surface area contributed by atoms with Crippen LogP contribution in [0.4, 0.5) is 5.69 Å². The Hall–Kier alpha value is -2.31. The summed E-state index contributed by atoms with van der Waals surface area (Å²) in [7, 11) is 1.62. The van der Waals surface area contributed by atoms with Crippen molar-refractivity contribution in [1.29, 1.82) is 0 Å². The summed E-state index contributed by atoms with van der Waals surface area (Å²) in [5, 5.41) is 10.6. The average Bonchev–Trinajstić information content (AvgIpc) is 2.55. The minimum Gasteiger partial charge on any atom is -0.497 e. The number of nitro groups is 1. The lowest BCUT2D eigenvalue weighted by molar-refractivity contribution is -0.384. The summed E-state index contributed by atoms with van der Waals surface area (Å²) < 4.78 is 10.6. The fraction of sp³-hybridized carbons (Fsp3) is 0.125. The summed E-state index contributed by atoms with van der Waals surface area (Å²) in [4.78, 5) is 10.9. The van der Waals surface area contributed by atoms with Crippen molar-refractivity contribution in [2.45, 2.75) is 4.90 Å². The van der Waals surface area contributed by atoms with Gasteiger partial charge >= 0.3 is 0 Å². The van der Waals surface area contributed by atoms with E-state index in [4.69, 9.17) is 8.92 Å². The lowest BCUT2D eigenvalue weighted by Crippen LogP contribution is -1.92. The third kappa shape index (κ3) is 4.34. The third-order valence-corrected chi connectivity index (χ3v) is 3.63. The van der Waals surface area contributed by atoms with Crippen LogP contribution in [-0.4, -0.2) is 18.6 Å². The first kappa shape index (κ1) is 16.1. The maximum atomic E-state index is 10.6. The van der Waals surface area contributed by atoms with Gasteiger partial charge in [-0.05, 0) is 35.4 Å². The molecule has 0 aliphatic carbocycles. The molecule has 0 N–H and O–H groups in total. The van der Waals surface area contributed by atoms with Gasteiger partial charge in [-0.3, -0.25) is 10.1 Å². The topological polar surface area (TPSA) is 61.6 Å². The summed E-state index contributed by atoms with van der Waals surface area (Å²) in [6, 6.07) is 13.8. The van der Waals surface area contributed by atoms with Crippen molar-refractivity contribution in [2.24, 2.45) is 0 Å². The van der Waals surface area contributed by atoms with Crippen molar-refractivity contribution in [3.63, 3.8) is 0 Å². The highest BCUT2D eigenvalue weighted by Crippen LogP contribution is 2.24. The van der Waals surface area contributed by atoms with Gasteiger partial charge in [-0.2, -0.15) is 0 Å². The van der Waals surface area contributed by atoms with Gasteiger partial charge in [-0.1, -0.05) is 18.7 Å². The lowest BCUT2D eigenvalue weighted by atomic mass is 10.1. The molecule has 0 spiro atoms. The Bertz CT molecular complexity index is 653. The Morgan fingerprint density at radius 3 is 2.36 bits per heavy atom. The summed E-state index contributed by atoms with van der Waals surface area (Å²) >= 11 is 1.16. The molecule has 2 aromatic rings. The molecular weight excluding hydrogens is 302 g/mol. The number of non-ortho nitro benzene ring substituents is 1. The molecule has 0 atom stereocenters. The quantitative estimate of drug-likeness (QED) is 0.432. The molecule has 6 heteroatoms. The van der Waals surface area contributed by atoms with Crippen molar-refractivity contribution in [3.8, 4) is 5.75 Å². The number of hydrogen-bond acceptors (Lipinski definition) is 5. The van der Waals surface area contributed by atoms with Crippen LogP contribution in [0.3, 0.4) is 0 Å². The van der Waals surface area contributed by atoms with Crippen molar-refractivity contribution in [2.75, 3.05) is 13.7 Å². The molecule has 0 aliphatic heterocycles. The van der Waals surface area contributed by atoms with Gasteiger partial charge in [0.2, 0.25) is 0 Å². The summed E-state index contributed by atoms with van der Waals surface area (Å²) in [6.07, 6.45) is 0. The molecule has 2 aromatic carbocycles. The zero-order chi connectivity index (χ0) is 15.9. The second kappa shape index (κ2) is 7.63. The second-order valence-corrected chi connectivity index (χ2v) is 5.30. The molecular formula is C16H15NO4S. The van der Waals surface area contributed by atoms with Gasteiger partial charge in [0.05, 0.1) is 18.6 Å². The number of nitrogens with zero attached hydrogens (tertiary/aromatic N) is 1. The fourth-order valence-electron chi connectivity index (χ4n) is 1.70. The van der Waals surface area contributed by atoms with Crippen molar-refractivity contribution < 1.29 is 13.8 Å². The van der Waals surface area contributed by atoms with Crippen LogP contribution in [0.5, 0.6) is 5.75 Å². The molecule has 114 valence electrons. The van der Waals surface area contributed by atoms with Gasteiger partial charge in [0, 0.05) is 29.1 Å². The molecule has 0 saturated carbocycles. The van der Waals surface area contributed by atoms with Crippen molar-refractivity contribution in [3.05, 3.63) is 70.8 Å². The zero-order valence-electron chi connectivity index (χ0n) is 12.0. The highest BCUT2D eigenvalue weighted by molar-refractivity contribution is 7.94. The first-order valence-electron chi connectivity index (χ1n) is 6.46. The SMILES string of the molecule is C=C(COSc1ccc([N+](=O)[O-])cc1)c1ccc(OC)cc1. The van der Waals surface area contributed by atoms with E-state index in [9.17, 15) is 10.1 Å². The predicted octanol–water partition coefficient (Wildman–Crippen LogP) is 4.34. The van der Waals surface area contributed by atoms with Gasteiger partial charge in [0.1, 0.15) is 5.75 Å². The number of benzene rings is 2. The van der Waals surface area contributed by atoms with E-state index in [2.05, 4.69) is 6.58 Å². The van der Waals surface area contributed by atoms with Crippen LogP contribution in [-0.2, 0) is 4.18 Å². The molecule has 0 radical (unpaired) electrons. The van der Waals surface area contributed by atoms with Gasteiger partial charge in [-0.25, -0.2) is 0 Å². The smallest absolute Gasteiger partial charge is 0.269 e. The maximum absolute atomic E-state index is 10.6. The van der Waals surface area contributed by atoms with Gasteiger partial charge < -0.3 is 8.92 Å². The largest absolute Gasteiger partial charge is 0.497 e. The molecule has 0 aromatic heterocycles. The molecule has 0 aliphatic rings. The normalized spacial score (nSPS) is 10.2. The van der Waals surface area contributed by atoms with Gasteiger partial charge in [-0.15, -0.1) is 0 Å². The highest BCUT2D eigenvalue weighted by Gasteiger charge is 2.05. The van der Waals surface area contributed by atoms with E-state index in [-0.39, 0.29) is 5.69 Å². The number of ether oxygens (including phenoxy) is 1. The van der Waals surface area contributed by atoms with Crippen molar-refractivity contribution >= 4 is 23.3 Å². The minimum atomic E-state index is -0.430. The van der Waals surface area contributed by atoms with E-state index in [0.29, 0.717) is 6.61 Å². The molecule has 0 heterocycles. The first-order chi connectivity index (χ1) is 10.6. The molecule has 22 heavy (non-hydrogen) atoms. The number of nitro benzene ring substituents is 1. The maximum Gasteiger partial charge on any atom is 0.269 e. The van der Waals surface area contributed by atoms with E-state index in [1.807, 2.05) is 24.3 Å². The van der Waals surface area contributed by atoms with Crippen LogP contribution < -0.4 is 4.74 Å². The van der Waals surface area contributed by atoms with Crippen LogP contribution >= 0.6 is 12.0 Å². The first-order valence-corrected chi connectivity index (χ1v) is 7.20. The van der Waals surface area contributed by atoms with E-state index >= 15 is 0 Å². The fourth-order valence-corrected chi connectivity index (χ4v) is 2.29. The summed E-state index contributed by atoms with van der Waals surface area (Å²) in [5.41, 5.74) is 1.88. The monoisotopic (exact) mass is 317 g/mol.